The van der Waals surface area contributed by atoms with Gasteiger partial charge in [0.1, 0.15) is 0 Å². The number of carbonyl (C=O) groups is 1. The molecule has 1 N–H and O–H groups in total. The summed E-state index contributed by atoms with van der Waals surface area (Å²) in [5, 5.41) is 7.17. The number of fused-ring (bicyclic) bond motifs is 1. The van der Waals surface area contributed by atoms with Crippen LogP contribution in [0.3, 0.4) is 0 Å². The van der Waals surface area contributed by atoms with Crippen LogP contribution in [0.25, 0.3) is 11.0 Å². The van der Waals surface area contributed by atoms with E-state index in [1.165, 1.54) is 0 Å². The zero-order chi connectivity index (χ0) is 20.4. The summed E-state index contributed by atoms with van der Waals surface area (Å²) in [7, 11) is 3.52. The van der Waals surface area contributed by atoms with Gasteiger partial charge in [0.25, 0.3) is 0 Å². The second kappa shape index (κ2) is 7.79. The maximum absolute atomic E-state index is 12.4. The highest BCUT2D eigenvalue weighted by Crippen LogP contribution is 2.16. The van der Waals surface area contributed by atoms with Crippen LogP contribution < -0.4 is 11.0 Å². The molecule has 7 nitrogen and oxygen atoms in total. The van der Waals surface area contributed by atoms with Crippen LogP contribution in [0.15, 0.2) is 65.7 Å². The molecular formula is C22H23N5O2. The average Bonchev–Trinajstić information content (AvgIpc) is 3.30. The second-order valence-corrected chi connectivity index (χ2v) is 7.18. The van der Waals surface area contributed by atoms with E-state index in [-0.39, 0.29) is 11.6 Å². The third-order valence-electron chi connectivity index (χ3n) is 5.09. The minimum absolute atomic E-state index is 0.0386. The van der Waals surface area contributed by atoms with E-state index in [1.807, 2.05) is 59.4 Å². The van der Waals surface area contributed by atoms with E-state index in [9.17, 15) is 9.59 Å². The first-order chi connectivity index (χ1) is 14.0. The summed E-state index contributed by atoms with van der Waals surface area (Å²) in [4.78, 5) is 24.5. The van der Waals surface area contributed by atoms with Crippen molar-refractivity contribution in [1.82, 2.24) is 18.9 Å². The Kier molecular flexibility index (Phi) is 5.03. The van der Waals surface area contributed by atoms with Crippen LogP contribution in [0.4, 0.5) is 5.69 Å². The van der Waals surface area contributed by atoms with Gasteiger partial charge in [0.2, 0.25) is 5.91 Å². The molecule has 2 aromatic carbocycles. The lowest BCUT2D eigenvalue weighted by molar-refractivity contribution is -0.116. The molecule has 4 rings (SSSR count). The SMILES string of the molecule is Cn1c(=O)n(C)c2cc(CCC(=O)Nc3cccc(Cn4cccn4)c3)ccc21. The molecule has 4 aromatic rings. The van der Waals surface area contributed by atoms with Crippen molar-refractivity contribution in [2.45, 2.75) is 19.4 Å². The summed E-state index contributed by atoms with van der Waals surface area (Å²) in [6.45, 7) is 0.659. The molecule has 0 aliphatic rings. The van der Waals surface area contributed by atoms with Crippen LogP contribution in [0.2, 0.25) is 0 Å². The molecule has 148 valence electrons. The molecule has 7 heteroatoms. The van der Waals surface area contributed by atoms with E-state index in [0.29, 0.717) is 19.4 Å². The number of aromatic nitrogens is 4. The van der Waals surface area contributed by atoms with Gasteiger partial charge in [-0.25, -0.2) is 4.79 Å². The number of rotatable bonds is 6. The van der Waals surface area contributed by atoms with Crippen LogP contribution in [-0.4, -0.2) is 24.8 Å². The molecule has 0 spiro atoms. The normalized spacial score (nSPS) is 11.1. The van der Waals surface area contributed by atoms with Crippen molar-refractivity contribution in [3.05, 3.63) is 82.5 Å². The van der Waals surface area contributed by atoms with Gasteiger partial charge in [-0.1, -0.05) is 18.2 Å². The summed E-state index contributed by atoms with van der Waals surface area (Å²) in [5.41, 5.74) is 4.59. The molecule has 0 saturated carbocycles. The Hall–Kier alpha value is -3.61. The van der Waals surface area contributed by atoms with E-state index in [0.717, 1.165) is 27.8 Å². The van der Waals surface area contributed by atoms with Crippen molar-refractivity contribution in [3.8, 4) is 0 Å². The number of amides is 1. The van der Waals surface area contributed by atoms with Gasteiger partial charge in [-0.2, -0.15) is 5.10 Å². The monoisotopic (exact) mass is 389 g/mol. The van der Waals surface area contributed by atoms with E-state index >= 15 is 0 Å². The fourth-order valence-electron chi connectivity index (χ4n) is 3.52. The first-order valence-electron chi connectivity index (χ1n) is 9.52. The average molecular weight is 389 g/mol. The number of nitrogens with zero attached hydrogens (tertiary/aromatic N) is 4. The van der Waals surface area contributed by atoms with E-state index in [1.54, 1.807) is 29.4 Å². The third-order valence-corrected chi connectivity index (χ3v) is 5.09. The third kappa shape index (κ3) is 3.99. The molecule has 29 heavy (non-hydrogen) atoms. The minimum atomic E-state index is -0.0510. The summed E-state index contributed by atoms with van der Waals surface area (Å²) in [6, 6.07) is 15.6. The number of benzene rings is 2. The molecular weight excluding hydrogens is 366 g/mol. The lowest BCUT2D eigenvalue weighted by Crippen LogP contribution is -2.19. The van der Waals surface area contributed by atoms with Gasteiger partial charge in [0.05, 0.1) is 17.6 Å². The van der Waals surface area contributed by atoms with Crippen LogP contribution in [-0.2, 0) is 31.9 Å². The minimum Gasteiger partial charge on any atom is -0.326 e. The highest BCUT2D eigenvalue weighted by atomic mass is 16.2. The van der Waals surface area contributed by atoms with Crippen molar-refractivity contribution in [2.24, 2.45) is 14.1 Å². The fourth-order valence-corrected chi connectivity index (χ4v) is 3.52. The Morgan fingerprint density at radius 1 is 1.00 bits per heavy atom. The Morgan fingerprint density at radius 2 is 1.83 bits per heavy atom. The van der Waals surface area contributed by atoms with Crippen molar-refractivity contribution < 1.29 is 4.79 Å². The summed E-state index contributed by atoms with van der Waals surface area (Å²) in [6.07, 6.45) is 4.63. The Bertz CT molecular complexity index is 1220. The zero-order valence-electron chi connectivity index (χ0n) is 16.5. The largest absolute Gasteiger partial charge is 0.328 e. The summed E-state index contributed by atoms with van der Waals surface area (Å²) in [5.74, 6) is -0.0386. The fraction of sp³-hybridized carbons (Fsp3) is 0.227. The van der Waals surface area contributed by atoms with Crippen LogP contribution in [0.5, 0.6) is 0 Å². The highest BCUT2D eigenvalue weighted by Gasteiger charge is 2.09. The van der Waals surface area contributed by atoms with E-state index in [4.69, 9.17) is 0 Å². The van der Waals surface area contributed by atoms with Crippen molar-refractivity contribution in [2.75, 3.05) is 5.32 Å². The predicted octanol–water partition coefficient (Wildman–Crippen LogP) is 2.69. The number of imidazole rings is 1. The van der Waals surface area contributed by atoms with Gasteiger partial charge in [-0.05, 0) is 47.9 Å². The molecule has 2 heterocycles. The molecule has 1 amide bonds. The van der Waals surface area contributed by atoms with Crippen LogP contribution >= 0.6 is 0 Å². The van der Waals surface area contributed by atoms with Gasteiger partial charge in [-0.15, -0.1) is 0 Å². The number of hydrogen-bond donors (Lipinski definition) is 1. The van der Waals surface area contributed by atoms with Gasteiger partial charge in [0.15, 0.2) is 0 Å². The standard InChI is InChI=1S/C22H23N5O2/c1-25-19-9-7-16(14-20(19)26(2)22(25)29)8-10-21(28)24-18-6-3-5-17(13-18)15-27-12-4-11-23-27/h3-7,9,11-14H,8,10,15H2,1-2H3,(H,24,28). The molecule has 0 aliphatic heterocycles. The quantitative estimate of drug-likeness (QED) is 0.551. The van der Waals surface area contributed by atoms with Crippen molar-refractivity contribution in [1.29, 1.82) is 0 Å². The highest BCUT2D eigenvalue weighted by molar-refractivity contribution is 5.91. The Morgan fingerprint density at radius 3 is 2.62 bits per heavy atom. The van der Waals surface area contributed by atoms with Gasteiger partial charge < -0.3 is 5.32 Å². The molecule has 0 unspecified atom stereocenters. The molecule has 0 radical (unpaired) electrons. The molecule has 0 aliphatic carbocycles. The predicted molar refractivity (Wildman–Crippen MR) is 113 cm³/mol. The van der Waals surface area contributed by atoms with E-state index < -0.39 is 0 Å². The van der Waals surface area contributed by atoms with Gasteiger partial charge in [-0.3, -0.25) is 18.6 Å². The molecule has 0 bridgehead atoms. The number of nitrogens with one attached hydrogen (secondary N) is 1. The summed E-state index contributed by atoms with van der Waals surface area (Å²) >= 11 is 0. The molecule has 2 aromatic heterocycles. The number of anilines is 1. The molecule has 0 saturated heterocycles. The first-order valence-corrected chi connectivity index (χ1v) is 9.52. The smallest absolute Gasteiger partial charge is 0.326 e. The number of aryl methyl sites for hydroxylation is 3. The summed E-state index contributed by atoms with van der Waals surface area (Å²) < 4.78 is 5.10. The van der Waals surface area contributed by atoms with Gasteiger partial charge in [0, 0.05) is 38.6 Å². The Balaban J connectivity index is 1.40. The lowest BCUT2D eigenvalue weighted by Gasteiger charge is -2.08. The van der Waals surface area contributed by atoms with E-state index in [2.05, 4.69) is 10.4 Å². The maximum Gasteiger partial charge on any atom is 0.328 e. The van der Waals surface area contributed by atoms with Crippen molar-refractivity contribution in [3.63, 3.8) is 0 Å². The molecule has 0 atom stereocenters. The second-order valence-electron chi connectivity index (χ2n) is 7.18. The topological polar surface area (TPSA) is 73.8 Å². The van der Waals surface area contributed by atoms with Crippen LogP contribution in [0, 0.1) is 0 Å². The zero-order valence-corrected chi connectivity index (χ0v) is 16.5. The van der Waals surface area contributed by atoms with Crippen LogP contribution in [0.1, 0.15) is 17.5 Å². The van der Waals surface area contributed by atoms with Gasteiger partial charge >= 0.3 is 5.69 Å². The molecule has 0 fully saturated rings. The first kappa shape index (κ1) is 18.7. The van der Waals surface area contributed by atoms with Crippen molar-refractivity contribution >= 4 is 22.6 Å². The number of carbonyl (C=O) groups excluding carboxylic acids is 1. The number of hydrogen-bond acceptors (Lipinski definition) is 3. The Labute approximate surface area is 168 Å². The lowest BCUT2D eigenvalue weighted by atomic mass is 10.1. The maximum atomic E-state index is 12.4.